The summed E-state index contributed by atoms with van der Waals surface area (Å²) in [4.78, 5) is 31.0. The average Bonchev–Trinajstić information content (AvgIpc) is 3.35. The largest absolute Gasteiger partial charge is 0.390 e. The van der Waals surface area contributed by atoms with E-state index in [2.05, 4.69) is 10.6 Å². The Bertz CT molecular complexity index is 1280. The predicted octanol–water partition coefficient (Wildman–Crippen LogP) is 5.04. The molecule has 2 N–H and O–H groups in total. The zero-order valence-corrected chi connectivity index (χ0v) is 23.6. The number of carbonyl (C=O) groups is 2. The fraction of sp³-hybridized carbons (Fsp3) is 0.500. The van der Waals surface area contributed by atoms with E-state index in [9.17, 15) is 31.5 Å². The van der Waals surface area contributed by atoms with Crippen molar-refractivity contribution in [1.29, 1.82) is 0 Å². The van der Waals surface area contributed by atoms with Crippen LogP contribution in [0.5, 0.6) is 0 Å². The number of halogens is 6. The van der Waals surface area contributed by atoms with Gasteiger partial charge in [0.25, 0.3) is 5.91 Å². The van der Waals surface area contributed by atoms with Crippen LogP contribution in [-0.4, -0.2) is 79.6 Å². The minimum absolute atomic E-state index is 0.0855. The van der Waals surface area contributed by atoms with Crippen LogP contribution in [0.1, 0.15) is 42.1 Å². The van der Waals surface area contributed by atoms with Gasteiger partial charge in [0, 0.05) is 49.4 Å². The number of rotatable bonds is 8. The molecule has 4 rings (SSSR count). The molecule has 0 spiro atoms. The van der Waals surface area contributed by atoms with Crippen LogP contribution in [0.15, 0.2) is 30.3 Å². The van der Waals surface area contributed by atoms with Crippen molar-refractivity contribution in [2.45, 2.75) is 51.0 Å². The molecule has 0 aliphatic carbocycles. The molecule has 41 heavy (non-hydrogen) atoms. The Balaban J connectivity index is 1.43. The van der Waals surface area contributed by atoms with E-state index < -0.39 is 35.7 Å². The molecule has 2 amide bonds. The first-order chi connectivity index (χ1) is 19.3. The topological polar surface area (TPSA) is 67.9 Å². The summed E-state index contributed by atoms with van der Waals surface area (Å²) in [6.45, 7) is 3.40. The zero-order chi connectivity index (χ0) is 29.9. The molecule has 0 aromatic heterocycles. The number of anilines is 2. The number of likely N-dealkylation sites (tertiary alicyclic amines) is 1. The molecular formula is C28H33ClF5N5O2. The predicted molar refractivity (Wildman–Crippen MR) is 147 cm³/mol. The van der Waals surface area contributed by atoms with Gasteiger partial charge in [0.15, 0.2) is 11.6 Å². The van der Waals surface area contributed by atoms with Gasteiger partial charge in [-0.3, -0.25) is 19.4 Å². The van der Waals surface area contributed by atoms with E-state index in [1.807, 2.05) is 23.8 Å². The number of carbonyl (C=O) groups excluding carboxylic acids is 2. The number of benzene rings is 2. The van der Waals surface area contributed by atoms with Gasteiger partial charge in [-0.1, -0.05) is 17.7 Å². The van der Waals surface area contributed by atoms with Gasteiger partial charge in [-0.15, -0.1) is 0 Å². The molecule has 2 atom stereocenters. The van der Waals surface area contributed by atoms with Crippen LogP contribution in [0.2, 0.25) is 5.02 Å². The first-order valence-electron chi connectivity index (χ1n) is 13.5. The normalized spacial score (nSPS) is 20.3. The quantitative estimate of drug-likeness (QED) is 0.415. The summed E-state index contributed by atoms with van der Waals surface area (Å²) in [5, 5.41) is 5.63. The van der Waals surface area contributed by atoms with Crippen LogP contribution < -0.4 is 15.5 Å². The van der Waals surface area contributed by atoms with Crippen molar-refractivity contribution in [2.24, 2.45) is 0 Å². The second-order valence-corrected chi connectivity index (χ2v) is 11.0. The van der Waals surface area contributed by atoms with Gasteiger partial charge in [0.1, 0.15) is 0 Å². The van der Waals surface area contributed by atoms with Crippen molar-refractivity contribution in [3.8, 4) is 0 Å². The summed E-state index contributed by atoms with van der Waals surface area (Å²) in [5.41, 5.74) is 0.217. The Hall–Kier alpha value is -2.96. The molecule has 7 nitrogen and oxygen atoms in total. The van der Waals surface area contributed by atoms with E-state index >= 15 is 0 Å². The van der Waals surface area contributed by atoms with Crippen LogP contribution in [-0.2, 0) is 11.3 Å². The van der Waals surface area contributed by atoms with Gasteiger partial charge < -0.3 is 15.5 Å². The van der Waals surface area contributed by atoms with Crippen molar-refractivity contribution in [3.05, 3.63) is 58.1 Å². The molecule has 2 aliphatic rings. The number of nitrogens with one attached hydrogen (secondary N) is 2. The number of amides is 2. The fourth-order valence-electron chi connectivity index (χ4n) is 5.32. The summed E-state index contributed by atoms with van der Waals surface area (Å²) in [6.07, 6.45) is -3.57. The first kappa shape index (κ1) is 31.0. The van der Waals surface area contributed by atoms with Crippen LogP contribution in [0, 0.1) is 11.6 Å². The fourth-order valence-corrected chi connectivity index (χ4v) is 5.49. The lowest BCUT2D eigenvalue weighted by atomic mass is 10.1. The molecule has 0 bridgehead atoms. The van der Waals surface area contributed by atoms with E-state index in [0.717, 1.165) is 19.0 Å². The highest BCUT2D eigenvalue weighted by Gasteiger charge is 2.32. The summed E-state index contributed by atoms with van der Waals surface area (Å²) in [6, 6.07) is 6.59. The van der Waals surface area contributed by atoms with E-state index in [-0.39, 0.29) is 36.6 Å². The van der Waals surface area contributed by atoms with E-state index in [1.54, 1.807) is 11.0 Å². The van der Waals surface area contributed by atoms with Crippen molar-refractivity contribution < 1.29 is 31.5 Å². The van der Waals surface area contributed by atoms with Gasteiger partial charge >= 0.3 is 6.18 Å². The molecule has 2 heterocycles. The molecule has 13 heteroatoms. The van der Waals surface area contributed by atoms with Crippen molar-refractivity contribution in [3.63, 3.8) is 0 Å². The maximum atomic E-state index is 15.0. The van der Waals surface area contributed by atoms with E-state index in [4.69, 9.17) is 11.6 Å². The monoisotopic (exact) mass is 601 g/mol. The number of likely N-dealkylation sites (N-methyl/N-ethyl adjacent to an activating group) is 1. The Morgan fingerprint density at radius 2 is 1.83 bits per heavy atom. The number of nitrogens with zero attached hydrogens (tertiary/aromatic N) is 3. The lowest BCUT2D eigenvalue weighted by Crippen LogP contribution is -2.52. The standard InChI is InChI=1S/C28H33ClF5N5O2/c1-17-16-39(13-12-38(17)11-9-28(32,33)34)23-14-19(29)6-8-21(23)36-26(40)20-7-5-18(24(30)25(20)31)15-35-27(41)22-4-3-10-37(22)2/h5-8,14,17,22H,3-4,9-13,15-16H2,1-2H3,(H,35,41)(H,36,40)/t17-,22-/m0/s1. The average molecular weight is 602 g/mol. The third-order valence-electron chi connectivity index (χ3n) is 7.68. The third-order valence-corrected chi connectivity index (χ3v) is 7.91. The molecular weight excluding hydrogens is 569 g/mol. The van der Waals surface area contributed by atoms with Crippen LogP contribution in [0.3, 0.4) is 0 Å². The highest BCUT2D eigenvalue weighted by atomic mass is 35.5. The summed E-state index contributed by atoms with van der Waals surface area (Å²) in [5.74, 6) is -3.71. The van der Waals surface area contributed by atoms with Gasteiger partial charge in [0.2, 0.25) is 5.91 Å². The lowest BCUT2D eigenvalue weighted by molar-refractivity contribution is -0.139. The summed E-state index contributed by atoms with van der Waals surface area (Å²) in [7, 11) is 1.83. The molecule has 0 radical (unpaired) electrons. The third kappa shape index (κ3) is 7.66. The van der Waals surface area contributed by atoms with Gasteiger partial charge in [-0.25, -0.2) is 8.78 Å². The van der Waals surface area contributed by atoms with Gasteiger partial charge in [-0.2, -0.15) is 13.2 Å². The SMILES string of the molecule is C[C@H]1CN(c2cc(Cl)ccc2NC(=O)c2ccc(CNC(=O)[C@@H]3CCCN3C)c(F)c2F)CCN1CCC(F)(F)F. The van der Waals surface area contributed by atoms with Crippen molar-refractivity contribution in [2.75, 3.05) is 50.0 Å². The van der Waals surface area contributed by atoms with Crippen LogP contribution in [0.4, 0.5) is 33.3 Å². The highest BCUT2D eigenvalue weighted by Crippen LogP contribution is 2.32. The smallest absolute Gasteiger partial charge is 0.367 e. The molecule has 2 saturated heterocycles. The van der Waals surface area contributed by atoms with Gasteiger partial charge in [-0.05, 0) is 57.6 Å². The molecule has 2 aromatic carbocycles. The Labute approximate surface area is 240 Å². The zero-order valence-electron chi connectivity index (χ0n) is 22.8. The molecule has 0 unspecified atom stereocenters. The first-order valence-corrected chi connectivity index (χ1v) is 13.8. The molecule has 2 aliphatic heterocycles. The molecule has 224 valence electrons. The Morgan fingerprint density at radius 1 is 1.07 bits per heavy atom. The Kier molecular flexibility index (Phi) is 9.76. The van der Waals surface area contributed by atoms with Crippen molar-refractivity contribution >= 4 is 34.8 Å². The molecule has 2 fully saturated rings. The number of alkyl halides is 3. The number of hydrogen-bond donors (Lipinski definition) is 2. The number of piperazine rings is 1. The number of hydrogen-bond acceptors (Lipinski definition) is 5. The molecule has 2 aromatic rings. The lowest BCUT2D eigenvalue weighted by Gasteiger charge is -2.41. The highest BCUT2D eigenvalue weighted by molar-refractivity contribution is 6.31. The second kappa shape index (κ2) is 12.9. The van der Waals surface area contributed by atoms with E-state index in [0.29, 0.717) is 42.5 Å². The second-order valence-electron chi connectivity index (χ2n) is 10.6. The van der Waals surface area contributed by atoms with Gasteiger partial charge in [0.05, 0.1) is 29.4 Å². The minimum atomic E-state index is -4.24. The Morgan fingerprint density at radius 3 is 2.49 bits per heavy atom. The van der Waals surface area contributed by atoms with Crippen molar-refractivity contribution in [1.82, 2.24) is 15.1 Å². The molecule has 0 saturated carbocycles. The maximum absolute atomic E-state index is 15.0. The maximum Gasteiger partial charge on any atom is 0.390 e. The summed E-state index contributed by atoms with van der Waals surface area (Å²) >= 11 is 6.20. The summed E-state index contributed by atoms with van der Waals surface area (Å²) < 4.78 is 68.0. The van der Waals surface area contributed by atoms with Crippen LogP contribution >= 0.6 is 11.6 Å². The van der Waals surface area contributed by atoms with Crippen LogP contribution in [0.25, 0.3) is 0 Å². The van der Waals surface area contributed by atoms with E-state index in [1.165, 1.54) is 18.2 Å². The minimum Gasteiger partial charge on any atom is -0.367 e.